The van der Waals surface area contributed by atoms with E-state index in [4.69, 9.17) is 0 Å². The zero-order valence-corrected chi connectivity index (χ0v) is 16.0. The summed E-state index contributed by atoms with van der Waals surface area (Å²) in [4.78, 5) is 26.9. The number of benzene rings is 1. The van der Waals surface area contributed by atoms with Gasteiger partial charge in [-0.25, -0.2) is 0 Å². The molecule has 25 heavy (non-hydrogen) atoms. The maximum Gasteiger partial charge on any atom is 0.228 e. The van der Waals surface area contributed by atoms with E-state index in [1.54, 1.807) is 0 Å². The highest BCUT2D eigenvalue weighted by Gasteiger charge is 2.33. The van der Waals surface area contributed by atoms with Crippen LogP contribution in [-0.2, 0) is 11.2 Å². The lowest BCUT2D eigenvalue weighted by atomic mass is 9.87. The molecule has 1 aromatic rings. The lowest BCUT2D eigenvalue weighted by Gasteiger charge is -2.36. The third-order valence-corrected chi connectivity index (χ3v) is 5.19. The topological polar surface area (TPSA) is 49.4 Å². The van der Waals surface area contributed by atoms with Gasteiger partial charge in [0.15, 0.2) is 5.78 Å². The first-order chi connectivity index (χ1) is 11.5. The first-order valence-corrected chi connectivity index (χ1v) is 9.17. The molecule has 2 aliphatic rings. The minimum Gasteiger partial charge on any atom is -0.342 e. The number of hydrogen-bond acceptors (Lipinski definition) is 3. The van der Waals surface area contributed by atoms with E-state index in [0.29, 0.717) is 5.92 Å². The molecule has 5 heteroatoms. The fourth-order valence-electron chi connectivity index (χ4n) is 3.60. The molecule has 1 amide bonds. The quantitative estimate of drug-likeness (QED) is 0.817. The lowest BCUT2D eigenvalue weighted by molar-refractivity contribution is -0.138. The van der Waals surface area contributed by atoms with E-state index in [1.165, 1.54) is 5.56 Å². The highest BCUT2D eigenvalue weighted by Crippen LogP contribution is 2.24. The van der Waals surface area contributed by atoms with Gasteiger partial charge in [0.2, 0.25) is 5.91 Å². The molecule has 0 saturated carbocycles. The van der Waals surface area contributed by atoms with Crippen molar-refractivity contribution in [2.24, 2.45) is 17.8 Å². The summed E-state index contributed by atoms with van der Waals surface area (Å²) in [5, 5.41) is 3.14. The third-order valence-electron chi connectivity index (χ3n) is 5.19. The minimum absolute atomic E-state index is 0. The number of carbonyl (C=O) groups is 2. The molecule has 3 rings (SSSR count). The smallest absolute Gasteiger partial charge is 0.228 e. The first kappa shape index (κ1) is 19.9. The Morgan fingerprint density at radius 2 is 1.68 bits per heavy atom. The van der Waals surface area contributed by atoms with E-state index in [9.17, 15) is 9.59 Å². The summed E-state index contributed by atoms with van der Waals surface area (Å²) < 4.78 is 0. The molecular formula is C20H29ClN2O2. The van der Waals surface area contributed by atoms with Crippen LogP contribution in [0.25, 0.3) is 0 Å². The molecule has 0 aromatic heterocycles. The number of Topliss-reactive ketones (excluding diaryl/α,β-unsaturated/α-hetero) is 1. The van der Waals surface area contributed by atoms with Crippen LogP contribution in [0.15, 0.2) is 24.3 Å². The number of amides is 1. The first-order valence-electron chi connectivity index (χ1n) is 9.17. The highest BCUT2D eigenvalue weighted by molar-refractivity contribution is 5.98. The van der Waals surface area contributed by atoms with Crippen molar-refractivity contribution < 1.29 is 9.59 Å². The van der Waals surface area contributed by atoms with Crippen LogP contribution in [0.4, 0.5) is 0 Å². The summed E-state index contributed by atoms with van der Waals surface area (Å²) in [6.45, 7) is 7.46. The zero-order chi connectivity index (χ0) is 17.1. The monoisotopic (exact) mass is 364 g/mol. The Bertz CT molecular complexity index is 588. The fraction of sp³-hybridized carbons (Fsp3) is 0.600. The Kier molecular flexibility index (Phi) is 7.03. The lowest BCUT2D eigenvalue weighted by Crippen LogP contribution is -2.53. The Morgan fingerprint density at radius 1 is 1.08 bits per heavy atom. The Labute approximate surface area is 156 Å². The number of rotatable bonds is 5. The second-order valence-electron chi connectivity index (χ2n) is 7.61. The van der Waals surface area contributed by atoms with E-state index >= 15 is 0 Å². The molecule has 1 N–H and O–H groups in total. The summed E-state index contributed by atoms with van der Waals surface area (Å²) in [6.07, 6.45) is 2.63. The number of nitrogens with one attached hydrogen (secondary N) is 1. The van der Waals surface area contributed by atoms with Gasteiger partial charge in [0.25, 0.3) is 0 Å². The maximum absolute atomic E-state index is 12.7. The summed E-state index contributed by atoms with van der Waals surface area (Å²) in [5.74, 6) is 1.34. The van der Waals surface area contributed by atoms with Gasteiger partial charge in [-0.1, -0.05) is 38.1 Å². The molecule has 1 aromatic carbocycles. The zero-order valence-electron chi connectivity index (χ0n) is 15.2. The van der Waals surface area contributed by atoms with Crippen molar-refractivity contribution in [1.82, 2.24) is 10.2 Å². The number of piperidine rings is 1. The van der Waals surface area contributed by atoms with E-state index in [0.717, 1.165) is 51.0 Å². The average Bonchev–Trinajstić information content (AvgIpc) is 2.53. The van der Waals surface area contributed by atoms with Gasteiger partial charge in [-0.3, -0.25) is 9.59 Å². The molecule has 0 aliphatic carbocycles. The SMILES string of the molecule is CC(C)Cc1ccc(C(=O)C2CCN(C(=O)C3CNC3)CC2)cc1.Cl. The molecule has 2 saturated heterocycles. The predicted octanol–water partition coefficient (Wildman–Crippen LogP) is 2.95. The van der Waals surface area contributed by atoms with Crippen LogP contribution in [0.3, 0.4) is 0 Å². The van der Waals surface area contributed by atoms with Crippen LogP contribution < -0.4 is 5.32 Å². The number of likely N-dealkylation sites (tertiary alicyclic amines) is 1. The van der Waals surface area contributed by atoms with E-state index < -0.39 is 0 Å². The molecule has 138 valence electrons. The summed E-state index contributed by atoms with van der Waals surface area (Å²) in [7, 11) is 0. The van der Waals surface area contributed by atoms with E-state index in [2.05, 4.69) is 31.3 Å². The van der Waals surface area contributed by atoms with Gasteiger partial charge in [0.05, 0.1) is 5.92 Å². The molecule has 0 radical (unpaired) electrons. The largest absolute Gasteiger partial charge is 0.342 e. The molecule has 0 unspecified atom stereocenters. The highest BCUT2D eigenvalue weighted by atomic mass is 35.5. The van der Waals surface area contributed by atoms with Crippen molar-refractivity contribution in [3.63, 3.8) is 0 Å². The van der Waals surface area contributed by atoms with Crippen molar-refractivity contribution in [2.45, 2.75) is 33.1 Å². The van der Waals surface area contributed by atoms with Gasteiger partial charge >= 0.3 is 0 Å². The fourth-order valence-corrected chi connectivity index (χ4v) is 3.60. The van der Waals surface area contributed by atoms with Crippen molar-refractivity contribution in [3.05, 3.63) is 35.4 Å². The second kappa shape index (κ2) is 8.81. The van der Waals surface area contributed by atoms with Crippen LogP contribution >= 0.6 is 12.4 Å². The van der Waals surface area contributed by atoms with Crippen molar-refractivity contribution >= 4 is 24.1 Å². The molecule has 2 heterocycles. The molecule has 2 fully saturated rings. The number of hydrogen-bond donors (Lipinski definition) is 1. The number of carbonyl (C=O) groups excluding carboxylic acids is 2. The van der Waals surface area contributed by atoms with E-state index in [-0.39, 0.29) is 35.9 Å². The van der Waals surface area contributed by atoms with Crippen LogP contribution in [0.5, 0.6) is 0 Å². The standard InChI is InChI=1S/C20H28N2O2.ClH/c1-14(2)11-15-3-5-16(6-4-15)19(23)17-7-9-22(10-8-17)20(24)18-12-21-13-18;/h3-6,14,17-18,21H,7-13H2,1-2H3;1H. The van der Waals surface area contributed by atoms with Crippen LogP contribution in [0, 0.1) is 17.8 Å². The molecule has 0 spiro atoms. The molecule has 4 nitrogen and oxygen atoms in total. The van der Waals surface area contributed by atoms with Crippen LogP contribution in [0.1, 0.15) is 42.6 Å². The van der Waals surface area contributed by atoms with Gasteiger partial charge in [-0.15, -0.1) is 12.4 Å². The van der Waals surface area contributed by atoms with Crippen LogP contribution in [-0.4, -0.2) is 42.8 Å². The summed E-state index contributed by atoms with van der Waals surface area (Å²) in [5.41, 5.74) is 2.10. The van der Waals surface area contributed by atoms with E-state index in [1.807, 2.05) is 17.0 Å². The Morgan fingerprint density at radius 3 is 2.16 bits per heavy atom. The van der Waals surface area contributed by atoms with Gasteiger partial charge < -0.3 is 10.2 Å². The Hall–Kier alpha value is -1.39. The average molecular weight is 365 g/mol. The Balaban J connectivity index is 0.00000225. The minimum atomic E-state index is 0. The molecule has 2 aliphatic heterocycles. The predicted molar refractivity (Wildman–Crippen MR) is 102 cm³/mol. The van der Waals surface area contributed by atoms with Crippen molar-refractivity contribution in [3.8, 4) is 0 Å². The number of ketones is 1. The van der Waals surface area contributed by atoms with Crippen molar-refractivity contribution in [1.29, 1.82) is 0 Å². The molecule has 0 atom stereocenters. The molecule has 0 bridgehead atoms. The maximum atomic E-state index is 12.7. The normalized spacial score (nSPS) is 18.6. The number of nitrogens with zero attached hydrogens (tertiary/aromatic N) is 1. The van der Waals surface area contributed by atoms with Crippen LogP contribution in [0.2, 0.25) is 0 Å². The van der Waals surface area contributed by atoms with Crippen molar-refractivity contribution in [2.75, 3.05) is 26.2 Å². The number of halogens is 1. The van der Waals surface area contributed by atoms with Gasteiger partial charge in [-0.05, 0) is 30.7 Å². The third kappa shape index (κ3) is 4.83. The van der Waals surface area contributed by atoms with Gasteiger partial charge in [0, 0.05) is 37.7 Å². The summed E-state index contributed by atoms with van der Waals surface area (Å²) >= 11 is 0. The second-order valence-corrected chi connectivity index (χ2v) is 7.61. The molecular weight excluding hydrogens is 336 g/mol. The summed E-state index contributed by atoms with van der Waals surface area (Å²) in [6, 6.07) is 8.10. The van der Waals surface area contributed by atoms with Gasteiger partial charge in [-0.2, -0.15) is 0 Å². The van der Waals surface area contributed by atoms with Gasteiger partial charge in [0.1, 0.15) is 0 Å².